The van der Waals surface area contributed by atoms with Gasteiger partial charge in [-0.15, -0.1) is 0 Å². The second kappa shape index (κ2) is 8.58. The van der Waals surface area contributed by atoms with Gasteiger partial charge in [-0.25, -0.2) is 4.79 Å². The fraction of sp³-hybridized carbons (Fsp3) is 0.526. The smallest absolute Gasteiger partial charge is 0.329 e. The number of nitrogens with one attached hydrogen (secondary N) is 2. The number of aliphatic carboxylic acids is 1. The molecule has 0 aliphatic carbocycles. The summed E-state index contributed by atoms with van der Waals surface area (Å²) in [4.78, 5) is 36.2. The van der Waals surface area contributed by atoms with Crippen molar-refractivity contribution in [2.24, 2.45) is 5.92 Å². The van der Waals surface area contributed by atoms with Gasteiger partial charge in [-0.1, -0.05) is 13.8 Å². The van der Waals surface area contributed by atoms with E-state index < -0.39 is 17.4 Å². The van der Waals surface area contributed by atoms with E-state index in [1.165, 1.54) is 0 Å². The lowest BCUT2D eigenvalue weighted by Crippen LogP contribution is -2.56. The predicted octanol–water partition coefficient (Wildman–Crippen LogP) is 3.06. The number of carboxylic acids is 1. The molecule has 1 aliphatic rings. The molecular weight excluding hydrogens is 352 g/mol. The van der Waals surface area contributed by atoms with Gasteiger partial charge in [0.1, 0.15) is 5.54 Å². The summed E-state index contributed by atoms with van der Waals surface area (Å²) in [7, 11) is 0. The molecule has 2 rings (SSSR count). The predicted molar refractivity (Wildman–Crippen MR) is 104 cm³/mol. The lowest BCUT2D eigenvalue weighted by Gasteiger charge is -2.33. The summed E-state index contributed by atoms with van der Waals surface area (Å²) >= 11 is 1.70. The third kappa shape index (κ3) is 5.00. The minimum atomic E-state index is -1.19. The summed E-state index contributed by atoms with van der Waals surface area (Å²) in [5.74, 6) is 0.243. The molecule has 1 aromatic rings. The van der Waals surface area contributed by atoms with E-state index in [1.54, 1.807) is 30.0 Å². The molecule has 142 valence electrons. The van der Waals surface area contributed by atoms with Crippen molar-refractivity contribution in [2.75, 3.05) is 16.8 Å². The first-order chi connectivity index (χ1) is 12.2. The van der Waals surface area contributed by atoms with Crippen molar-refractivity contribution in [3.05, 3.63) is 29.3 Å². The highest BCUT2D eigenvalue weighted by Crippen LogP contribution is 2.28. The van der Waals surface area contributed by atoms with Gasteiger partial charge >= 0.3 is 5.97 Å². The zero-order valence-corrected chi connectivity index (χ0v) is 16.2. The molecule has 0 aromatic heterocycles. The number of hydrogen-bond acceptors (Lipinski definition) is 4. The maximum Gasteiger partial charge on any atom is 0.329 e. The minimum absolute atomic E-state index is 0.0650. The topological polar surface area (TPSA) is 95.5 Å². The van der Waals surface area contributed by atoms with Crippen molar-refractivity contribution >= 4 is 35.2 Å². The highest BCUT2D eigenvalue weighted by Gasteiger charge is 2.41. The van der Waals surface area contributed by atoms with Gasteiger partial charge in [0, 0.05) is 17.7 Å². The Morgan fingerprint density at radius 1 is 1.23 bits per heavy atom. The maximum absolute atomic E-state index is 12.6. The second-order valence-corrected chi connectivity index (χ2v) is 8.35. The highest BCUT2D eigenvalue weighted by molar-refractivity contribution is 7.99. The molecule has 1 saturated heterocycles. The molecule has 2 amide bonds. The number of hydrogen-bond donors (Lipinski definition) is 3. The first kappa shape index (κ1) is 20.3. The van der Waals surface area contributed by atoms with E-state index in [9.17, 15) is 19.5 Å². The van der Waals surface area contributed by atoms with E-state index in [-0.39, 0.29) is 11.8 Å². The van der Waals surface area contributed by atoms with Gasteiger partial charge < -0.3 is 15.7 Å². The van der Waals surface area contributed by atoms with E-state index in [0.29, 0.717) is 42.0 Å². The Labute approximate surface area is 158 Å². The first-order valence-electron chi connectivity index (χ1n) is 8.77. The standard InChI is InChI=1S/C19H26N2O4S/c1-12(2)10-16(22)20-15-5-4-14(11-13(15)3)17(23)21-19(18(24)25)6-8-26-9-7-19/h4-5,11-12H,6-10H2,1-3H3,(H,20,22)(H,21,23)(H,24,25). The van der Waals surface area contributed by atoms with Crippen LogP contribution in [0.25, 0.3) is 0 Å². The highest BCUT2D eigenvalue weighted by atomic mass is 32.2. The maximum atomic E-state index is 12.6. The monoisotopic (exact) mass is 378 g/mol. The molecule has 0 bridgehead atoms. The quantitative estimate of drug-likeness (QED) is 0.707. The van der Waals surface area contributed by atoms with Crippen molar-refractivity contribution < 1.29 is 19.5 Å². The number of carbonyl (C=O) groups is 3. The van der Waals surface area contributed by atoms with Crippen molar-refractivity contribution in [3.8, 4) is 0 Å². The van der Waals surface area contributed by atoms with Crippen molar-refractivity contribution in [2.45, 2.75) is 45.6 Å². The van der Waals surface area contributed by atoms with Crippen molar-refractivity contribution in [1.82, 2.24) is 5.32 Å². The summed E-state index contributed by atoms with van der Waals surface area (Å²) in [5, 5.41) is 15.2. The number of rotatable bonds is 6. The Bertz CT molecular complexity index is 697. The van der Waals surface area contributed by atoms with Crippen LogP contribution in [-0.2, 0) is 9.59 Å². The van der Waals surface area contributed by atoms with Crippen LogP contribution >= 0.6 is 11.8 Å². The molecule has 1 aromatic carbocycles. The number of anilines is 1. The van der Waals surface area contributed by atoms with Gasteiger partial charge in [0.25, 0.3) is 5.91 Å². The molecule has 0 radical (unpaired) electrons. The Balaban J connectivity index is 2.11. The van der Waals surface area contributed by atoms with Crippen LogP contribution in [0.2, 0.25) is 0 Å². The lowest BCUT2D eigenvalue weighted by molar-refractivity contribution is -0.144. The molecule has 0 spiro atoms. The van der Waals surface area contributed by atoms with E-state index >= 15 is 0 Å². The molecule has 1 aliphatic heterocycles. The molecule has 1 fully saturated rings. The van der Waals surface area contributed by atoms with E-state index in [0.717, 1.165) is 5.56 Å². The van der Waals surface area contributed by atoms with Crippen LogP contribution < -0.4 is 10.6 Å². The van der Waals surface area contributed by atoms with Gasteiger partial charge in [0.2, 0.25) is 5.91 Å². The van der Waals surface area contributed by atoms with Gasteiger partial charge in [-0.3, -0.25) is 9.59 Å². The average molecular weight is 378 g/mol. The third-order valence-corrected chi connectivity index (χ3v) is 5.45. The molecular formula is C19H26N2O4S. The average Bonchev–Trinajstić information content (AvgIpc) is 2.56. The largest absolute Gasteiger partial charge is 0.480 e. The zero-order valence-electron chi connectivity index (χ0n) is 15.4. The number of carboxylic acid groups (broad SMARTS) is 1. The summed E-state index contributed by atoms with van der Waals surface area (Å²) in [6.07, 6.45) is 1.27. The molecule has 0 atom stereocenters. The molecule has 0 saturated carbocycles. The molecule has 6 nitrogen and oxygen atoms in total. The lowest BCUT2D eigenvalue weighted by atomic mass is 9.91. The van der Waals surface area contributed by atoms with E-state index in [4.69, 9.17) is 0 Å². The zero-order chi connectivity index (χ0) is 19.3. The number of thioether (sulfide) groups is 1. The molecule has 0 unspecified atom stereocenters. The minimum Gasteiger partial charge on any atom is -0.480 e. The SMILES string of the molecule is Cc1cc(C(=O)NC2(C(=O)O)CCSCC2)ccc1NC(=O)CC(C)C. The normalized spacial score (nSPS) is 16.2. The van der Waals surface area contributed by atoms with Crippen LogP contribution in [0.4, 0.5) is 5.69 Å². The van der Waals surface area contributed by atoms with Crippen LogP contribution in [0.15, 0.2) is 18.2 Å². The van der Waals surface area contributed by atoms with Crippen LogP contribution in [0.1, 0.15) is 49.0 Å². The fourth-order valence-electron chi connectivity index (χ4n) is 2.92. The van der Waals surface area contributed by atoms with Crippen LogP contribution in [0.5, 0.6) is 0 Å². The summed E-state index contributed by atoms with van der Waals surface area (Å²) < 4.78 is 0. The Morgan fingerprint density at radius 3 is 2.42 bits per heavy atom. The summed E-state index contributed by atoms with van der Waals surface area (Å²) in [6, 6.07) is 4.97. The molecule has 26 heavy (non-hydrogen) atoms. The van der Waals surface area contributed by atoms with Crippen LogP contribution in [0, 0.1) is 12.8 Å². The molecule has 3 N–H and O–H groups in total. The first-order valence-corrected chi connectivity index (χ1v) is 9.93. The number of carbonyl (C=O) groups excluding carboxylic acids is 2. The molecule has 1 heterocycles. The van der Waals surface area contributed by atoms with Crippen molar-refractivity contribution in [3.63, 3.8) is 0 Å². The Kier molecular flexibility index (Phi) is 6.69. The van der Waals surface area contributed by atoms with Gasteiger partial charge in [-0.2, -0.15) is 11.8 Å². The fourth-order valence-corrected chi connectivity index (χ4v) is 4.11. The van der Waals surface area contributed by atoms with Gasteiger partial charge in [-0.05, 0) is 61.0 Å². The Morgan fingerprint density at radius 2 is 1.88 bits per heavy atom. The van der Waals surface area contributed by atoms with E-state index in [1.807, 2.05) is 20.8 Å². The second-order valence-electron chi connectivity index (χ2n) is 7.13. The van der Waals surface area contributed by atoms with Crippen molar-refractivity contribution in [1.29, 1.82) is 0 Å². The number of amides is 2. The number of benzene rings is 1. The summed E-state index contributed by atoms with van der Waals surface area (Å²) in [6.45, 7) is 5.76. The van der Waals surface area contributed by atoms with Crippen LogP contribution in [-0.4, -0.2) is 39.9 Å². The number of aryl methyl sites for hydroxylation is 1. The molecule has 7 heteroatoms. The Hall–Kier alpha value is -2.02. The third-order valence-electron chi connectivity index (χ3n) is 4.46. The van der Waals surface area contributed by atoms with Gasteiger partial charge in [0.05, 0.1) is 0 Å². The van der Waals surface area contributed by atoms with Gasteiger partial charge in [0.15, 0.2) is 0 Å². The van der Waals surface area contributed by atoms with E-state index in [2.05, 4.69) is 10.6 Å². The summed E-state index contributed by atoms with van der Waals surface area (Å²) in [5.41, 5.74) is 0.621. The van der Waals surface area contributed by atoms with Crippen LogP contribution in [0.3, 0.4) is 0 Å².